The van der Waals surface area contributed by atoms with Crippen LogP contribution < -0.4 is 25.0 Å². The van der Waals surface area contributed by atoms with Crippen LogP contribution in [0.4, 0.5) is 5.69 Å². The SMILES string of the molecule is CCNC(=NCCCn1cccn1)NC1CCN(c2cc(OC)cc(OC)c2)C1. The lowest BCUT2D eigenvalue weighted by Gasteiger charge is -2.21. The molecule has 0 spiro atoms. The molecule has 2 aromatic rings. The van der Waals surface area contributed by atoms with Crippen molar-refractivity contribution in [2.45, 2.75) is 32.4 Å². The summed E-state index contributed by atoms with van der Waals surface area (Å²) >= 11 is 0. The average molecular weight is 401 g/mol. The molecule has 0 bridgehead atoms. The lowest BCUT2D eigenvalue weighted by molar-refractivity contribution is 0.394. The highest BCUT2D eigenvalue weighted by Crippen LogP contribution is 2.30. The first-order valence-corrected chi connectivity index (χ1v) is 10.2. The number of methoxy groups -OCH3 is 2. The van der Waals surface area contributed by atoms with Crippen LogP contribution in [0.5, 0.6) is 11.5 Å². The molecule has 8 heteroatoms. The van der Waals surface area contributed by atoms with Gasteiger partial charge in [-0.2, -0.15) is 5.10 Å². The summed E-state index contributed by atoms with van der Waals surface area (Å²) < 4.78 is 12.7. The van der Waals surface area contributed by atoms with Gasteiger partial charge < -0.3 is 25.0 Å². The minimum absolute atomic E-state index is 0.344. The highest BCUT2D eigenvalue weighted by molar-refractivity contribution is 5.80. The Labute approximate surface area is 172 Å². The maximum Gasteiger partial charge on any atom is 0.191 e. The second-order valence-electron chi connectivity index (χ2n) is 7.03. The van der Waals surface area contributed by atoms with Crippen molar-refractivity contribution in [3.8, 4) is 11.5 Å². The van der Waals surface area contributed by atoms with Crippen molar-refractivity contribution in [3.63, 3.8) is 0 Å². The van der Waals surface area contributed by atoms with Crippen LogP contribution in [-0.2, 0) is 6.54 Å². The zero-order chi connectivity index (χ0) is 20.5. The molecule has 1 atom stereocenters. The van der Waals surface area contributed by atoms with E-state index in [4.69, 9.17) is 14.5 Å². The van der Waals surface area contributed by atoms with Gasteiger partial charge in [-0.25, -0.2) is 0 Å². The predicted molar refractivity (Wildman–Crippen MR) is 116 cm³/mol. The number of guanidine groups is 1. The van der Waals surface area contributed by atoms with E-state index in [-0.39, 0.29) is 0 Å². The molecule has 1 aromatic heterocycles. The van der Waals surface area contributed by atoms with Crippen LogP contribution >= 0.6 is 0 Å². The van der Waals surface area contributed by atoms with E-state index in [0.717, 1.165) is 68.7 Å². The van der Waals surface area contributed by atoms with Gasteiger partial charge in [0.05, 0.1) is 14.2 Å². The molecule has 1 saturated heterocycles. The van der Waals surface area contributed by atoms with Gasteiger partial charge in [0.2, 0.25) is 0 Å². The number of aromatic nitrogens is 2. The summed E-state index contributed by atoms with van der Waals surface area (Å²) in [7, 11) is 3.36. The van der Waals surface area contributed by atoms with Crippen molar-refractivity contribution in [1.82, 2.24) is 20.4 Å². The van der Waals surface area contributed by atoms with E-state index in [1.807, 2.05) is 23.0 Å². The molecular formula is C21H32N6O2. The molecule has 1 aromatic carbocycles. The standard InChI is InChI=1S/C21H32N6O2/c1-4-22-21(23-8-5-10-27-11-6-9-24-27)25-17-7-12-26(16-17)18-13-19(28-2)15-20(14-18)29-3/h6,9,11,13-15,17H,4-5,7-8,10,12,16H2,1-3H3,(H2,22,23,25). The Balaban J connectivity index is 1.54. The van der Waals surface area contributed by atoms with E-state index in [1.165, 1.54) is 0 Å². The van der Waals surface area contributed by atoms with Crippen molar-refractivity contribution in [2.75, 3.05) is 45.3 Å². The minimum atomic E-state index is 0.344. The van der Waals surface area contributed by atoms with Crippen LogP contribution in [0.15, 0.2) is 41.7 Å². The third-order valence-electron chi connectivity index (χ3n) is 4.95. The van der Waals surface area contributed by atoms with E-state index >= 15 is 0 Å². The van der Waals surface area contributed by atoms with Crippen LogP contribution in [0, 0.1) is 0 Å². The molecule has 0 amide bonds. The largest absolute Gasteiger partial charge is 0.497 e. The van der Waals surface area contributed by atoms with Crippen molar-refractivity contribution >= 4 is 11.6 Å². The number of hydrogen-bond donors (Lipinski definition) is 2. The Morgan fingerprint density at radius 1 is 1.24 bits per heavy atom. The van der Waals surface area contributed by atoms with Gasteiger partial charge in [0, 0.05) is 75.0 Å². The molecule has 158 valence electrons. The number of rotatable bonds is 9. The van der Waals surface area contributed by atoms with Crippen molar-refractivity contribution in [3.05, 3.63) is 36.7 Å². The fourth-order valence-corrected chi connectivity index (χ4v) is 3.46. The van der Waals surface area contributed by atoms with Crippen LogP contribution in [0.2, 0.25) is 0 Å². The third-order valence-corrected chi connectivity index (χ3v) is 4.95. The molecule has 1 aliphatic rings. The fourth-order valence-electron chi connectivity index (χ4n) is 3.46. The molecule has 3 rings (SSSR count). The highest BCUT2D eigenvalue weighted by Gasteiger charge is 2.24. The molecule has 2 heterocycles. The zero-order valence-electron chi connectivity index (χ0n) is 17.6. The van der Waals surface area contributed by atoms with Crippen LogP contribution in [0.25, 0.3) is 0 Å². The van der Waals surface area contributed by atoms with Gasteiger partial charge in [-0.05, 0) is 25.8 Å². The summed E-state index contributed by atoms with van der Waals surface area (Å²) in [6, 6.07) is 8.29. The van der Waals surface area contributed by atoms with Crippen molar-refractivity contribution in [2.24, 2.45) is 4.99 Å². The minimum Gasteiger partial charge on any atom is -0.497 e. The Bertz CT molecular complexity index is 755. The molecule has 2 N–H and O–H groups in total. The van der Waals surface area contributed by atoms with Gasteiger partial charge in [0.15, 0.2) is 5.96 Å². The normalized spacial score (nSPS) is 16.7. The summed E-state index contributed by atoms with van der Waals surface area (Å²) in [4.78, 5) is 7.07. The van der Waals surface area contributed by atoms with Crippen molar-refractivity contribution < 1.29 is 9.47 Å². The topological polar surface area (TPSA) is 75.9 Å². The van der Waals surface area contributed by atoms with Gasteiger partial charge in [0.1, 0.15) is 11.5 Å². The lowest BCUT2D eigenvalue weighted by atomic mass is 10.2. The number of nitrogens with one attached hydrogen (secondary N) is 2. The van der Waals surface area contributed by atoms with E-state index in [2.05, 4.69) is 39.7 Å². The Hall–Kier alpha value is -2.90. The Kier molecular flexibility index (Phi) is 7.61. The second-order valence-corrected chi connectivity index (χ2v) is 7.03. The Morgan fingerprint density at radius 3 is 2.69 bits per heavy atom. The summed E-state index contributed by atoms with van der Waals surface area (Å²) in [5.41, 5.74) is 1.12. The number of aryl methyl sites for hydroxylation is 1. The summed E-state index contributed by atoms with van der Waals surface area (Å²) in [5, 5.41) is 11.2. The summed E-state index contributed by atoms with van der Waals surface area (Å²) in [6.07, 6.45) is 5.79. The quantitative estimate of drug-likeness (QED) is 0.382. The molecule has 1 unspecified atom stereocenters. The highest BCUT2D eigenvalue weighted by atomic mass is 16.5. The predicted octanol–water partition coefficient (Wildman–Crippen LogP) is 2.12. The van der Waals surface area contributed by atoms with Crippen LogP contribution in [0.1, 0.15) is 19.8 Å². The smallest absolute Gasteiger partial charge is 0.191 e. The van der Waals surface area contributed by atoms with Crippen LogP contribution in [-0.4, -0.2) is 62.2 Å². The number of ether oxygens (including phenoxy) is 2. The monoisotopic (exact) mass is 400 g/mol. The van der Waals surface area contributed by atoms with E-state index in [1.54, 1.807) is 20.4 Å². The summed E-state index contributed by atoms with van der Waals surface area (Å²) in [5.74, 6) is 2.49. The van der Waals surface area contributed by atoms with Gasteiger partial charge in [-0.15, -0.1) is 0 Å². The number of nitrogens with zero attached hydrogens (tertiary/aromatic N) is 4. The van der Waals surface area contributed by atoms with Gasteiger partial charge in [-0.3, -0.25) is 9.67 Å². The number of anilines is 1. The average Bonchev–Trinajstić information content (AvgIpc) is 3.43. The molecule has 1 fully saturated rings. The van der Waals surface area contributed by atoms with E-state index in [9.17, 15) is 0 Å². The van der Waals surface area contributed by atoms with Gasteiger partial charge in [-0.1, -0.05) is 0 Å². The molecule has 29 heavy (non-hydrogen) atoms. The fraction of sp³-hybridized carbons (Fsp3) is 0.524. The lowest BCUT2D eigenvalue weighted by Crippen LogP contribution is -2.44. The molecular weight excluding hydrogens is 368 g/mol. The molecule has 0 saturated carbocycles. The third kappa shape index (κ3) is 6.04. The first-order chi connectivity index (χ1) is 14.2. The number of hydrogen-bond acceptors (Lipinski definition) is 5. The summed E-state index contributed by atoms with van der Waals surface area (Å²) in [6.45, 7) is 6.46. The number of aliphatic imine (C=N–C) groups is 1. The second kappa shape index (κ2) is 10.6. The van der Waals surface area contributed by atoms with Crippen molar-refractivity contribution in [1.29, 1.82) is 0 Å². The molecule has 8 nitrogen and oxygen atoms in total. The number of benzene rings is 1. The van der Waals surface area contributed by atoms with Gasteiger partial charge in [0.25, 0.3) is 0 Å². The van der Waals surface area contributed by atoms with E-state index in [0.29, 0.717) is 6.04 Å². The van der Waals surface area contributed by atoms with Crippen LogP contribution in [0.3, 0.4) is 0 Å². The van der Waals surface area contributed by atoms with E-state index < -0.39 is 0 Å². The zero-order valence-corrected chi connectivity index (χ0v) is 17.6. The first-order valence-electron chi connectivity index (χ1n) is 10.2. The maximum absolute atomic E-state index is 5.40. The maximum atomic E-state index is 5.40. The molecule has 1 aliphatic heterocycles. The molecule has 0 aliphatic carbocycles. The molecule has 0 radical (unpaired) electrons. The first kappa shape index (κ1) is 20.8. The Morgan fingerprint density at radius 2 is 2.03 bits per heavy atom. The van der Waals surface area contributed by atoms with Gasteiger partial charge >= 0.3 is 0 Å².